The van der Waals surface area contributed by atoms with Gasteiger partial charge in [0.1, 0.15) is 4.84 Å². The zero-order valence-corrected chi connectivity index (χ0v) is 8.45. The minimum absolute atomic E-state index is 0.146. The van der Waals surface area contributed by atoms with E-state index in [4.69, 9.17) is 27.9 Å². The zero-order valence-electron chi connectivity index (χ0n) is 6.94. The first-order valence-corrected chi connectivity index (χ1v) is 4.83. The van der Waals surface area contributed by atoms with Gasteiger partial charge in [-0.2, -0.15) is 0 Å². The molecule has 0 amide bonds. The minimum atomic E-state index is -0.301. The molecule has 0 aromatic carbocycles. The van der Waals surface area contributed by atoms with Crippen molar-refractivity contribution in [2.75, 3.05) is 6.61 Å². The van der Waals surface area contributed by atoms with Gasteiger partial charge in [-0.05, 0) is 26.7 Å². The average Bonchev–Trinajstić information content (AvgIpc) is 1.85. The lowest BCUT2D eigenvalue weighted by Gasteiger charge is -2.39. The van der Waals surface area contributed by atoms with Crippen molar-refractivity contribution in [3.63, 3.8) is 0 Å². The number of alkyl halides is 2. The first-order valence-electron chi connectivity index (χ1n) is 3.96. The van der Waals surface area contributed by atoms with Gasteiger partial charge in [-0.15, -0.1) is 23.2 Å². The van der Waals surface area contributed by atoms with Gasteiger partial charge in [0, 0.05) is 12.5 Å². The maximum Gasteiger partial charge on any atom is 0.113 e. The quantitative estimate of drug-likeness (QED) is 0.587. The summed E-state index contributed by atoms with van der Waals surface area (Å²) in [6.45, 7) is 4.94. The number of ether oxygens (including phenoxy) is 1. The highest BCUT2D eigenvalue weighted by atomic mass is 35.5. The van der Waals surface area contributed by atoms with E-state index in [-0.39, 0.29) is 16.4 Å². The fraction of sp³-hybridized carbons (Fsp3) is 1.00. The second kappa shape index (κ2) is 3.51. The first-order chi connectivity index (χ1) is 5.04. The van der Waals surface area contributed by atoms with Gasteiger partial charge < -0.3 is 4.74 Å². The van der Waals surface area contributed by atoms with E-state index in [1.54, 1.807) is 0 Å². The van der Waals surface area contributed by atoms with Crippen LogP contribution in [0.1, 0.15) is 26.7 Å². The normalized spacial score (nSPS) is 30.8. The van der Waals surface area contributed by atoms with Crippen molar-refractivity contribution in [1.82, 2.24) is 0 Å². The third-order valence-electron chi connectivity index (χ3n) is 2.33. The predicted octanol–water partition coefficient (Wildman–Crippen LogP) is 3.00. The van der Waals surface area contributed by atoms with Crippen LogP contribution < -0.4 is 0 Å². The van der Waals surface area contributed by atoms with Gasteiger partial charge in [-0.25, -0.2) is 0 Å². The molecule has 11 heavy (non-hydrogen) atoms. The lowest BCUT2D eigenvalue weighted by Crippen LogP contribution is -2.41. The second-order valence-electron chi connectivity index (χ2n) is 3.54. The summed E-state index contributed by atoms with van der Waals surface area (Å²) < 4.78 is 5.57. The van der Waals surface area contributed by atoms with Crippen LogP contribution in [0.2, 0.25) is 0 Å². The number of hydrogen-bond donors (Lipinski definition) is 0. The van der Waals surface area contributed by atoms with Gasteiger partial charge in [0.15, 0.2) is 0 Å². The molecule has 0 aromatic rings. The van der Waals surface area contributed by atoms with Crippen LogP contribution in [0.25, 0.3) is 0 Å². The largest absolute Gasteiger partial charge is 0.375 e. The number of halogens is 2. The third-order valence-corrected chi connectivity index (χ3v) is 2.94. The Bertz CT molecular complexity index is 134. The molecule has 1 aliphatic rings. The molecule has 3 heteroatoms. The summed E-state index contributed by atoms with van der Waals surface area (Å²) in [5.41, 5.74) is -0.146. The van der Waals surface area contributed by atoms with Gasteiger partial charge in [0.2, 0.25) is 0 Å². The maximum absolute atomic E-state index is 5.83. The third kappa shape index (κ3) is 2.24. The molecule has 1 atom stereocenters. The molecule has 0 radical (unpaired) electrons. The average molecular weight is 197 g/mol. The summed E-state index contributed by atoms with van der Waals surface area (Å²) in [6.07, 6.45) is 2.15. The van der Waals surface area contributed by atoms with E-state index in [0.717, 1.165) is 19.4 Å². The van der Waals surface area contributed by atoms with E-state index in [0.29, 0.717) is 0 Å². The zero-order chi connectivity index (χ0) is 8.48. The SMILES string of the molecule is CC1(C)OCCCC1C(Cl)Cl. The van der Waals surface area contributed by atoms with Crippen molar-refractivity contribution in [3.8, 4) is 0 Å². The maximum atomic E-state index is 5.83. The molecule has 1 rings (SSSR count). The summed E-state index contributed by atoms with van der Waals surface area (Å²) >= 11 is 11.7. The molecule has 0 bridgehead atoms. The Labute approximate surface area is 78.0 Å². The lowest BCUT2D eigenvalue weighted by atomic mass is 9.86. The summed E-state index contributed by atoms with van der Waals surface area (Å²) in [5.74, 6) is 0.277. The fourth-order valence-electron chi connectivity index (χ4n) is 1.52. The Kier molecular flexibility index (Phi) is 3.07. The second-order valence-corrected chi connectivity index (χ2v) is 4.70. The number of hydrogen-bond acceptors (Lipinski definition) is 1. The van der Waals surface area contributed by atoms with Crippen molar-refractivity contribution in [2.45, 2.75) is 37.1 Å². The van der Waals surface area contributed by atoms with Gasteiger partial charge in [0.05, 0.1) is 5.60 Å². The summed E-state index contributed by atoms with van der Waals surface area (Å²) in [6, 6.07) is 0. The van der Waals surface area contributed by atoms with Gasteiger partial charge in [-0.1, -0.05) is 0 Å². The predicted molar refractivity (Wildman–Crippen MR) is 48.2 cm³/mol. The molecule has 1 aliphatic heterocycles. The molecule has 1 nitrogen and oxygen atoms in total. The van der Waals surface area contributed by atoms with Crippen molar-refractivity contribution >= 4 is 23.2 Å². The summed E-state index contributed by atoms with van der Waals surface area (Å²) in [7, 11) is 0. The van der Waals surface area contributed by atoms with E-state index < -0.39 is 0 Å². The van der Waals surface area contributed by atoms with E-state index in [2.05, 4.69) is 13.8 Å². The van der Waals surface area contributed by atoms with Crippen molar-refractivity contribution in [2.24, 2.45) is 5.92 Å². The number of rotatable bonds is 1. The molecule has 0 spiro atoms. The van der Waals surface area contributed by atoms with Crippen LogP contribution in [0.15, 0.2) is 0 Å². The molecule has 0 N–H and O–H groups in total. The highest BCUT2D eigenvalue weighted by Gasteiger charge is 2.37. The van der Waals surface area contributed by atoms with Crippen LogP contribution in [0.3, 0.4) is 0 Å². The van der Waals surface area contributed by atoms with E-state index in [9.17, 15) is 0 Å². The van der Waals surface area contributed by atoms with Gasteiger partial charge >= 0.3 is 0 Å². The lowest BCUT2D eigenvalue weighted by molar-refractivity contribution is -0.0891. The molecular formula is C8H14Cl2O. The van der Waals surface area contributed by atoms with Crippen molar-refractivity contribution < 1.29 is 4.74 Å². The Morgan fingerprint density at radius 3 is 2.45 bits per heavy atom. The Balaban J connectivity index is 2.60. The monoisotopic (exact) mass is 196 g/mol. The van der Waals surface area contributed by atoms with Crippen LogP contribution in [0.5, 0.6) is 0 Å². The Hall–Kier alpha value is 0.540. The van der Waals surface area contributed by atoms with E-state index >= 15 is 0 Å². The van der Waals surface area contributed by atoms with Crippen LogP contribution in [0, 0.1) is 5.92 Å². The van der Waals surface area contributed by atoms with Crippen molar-refractivity contribution in [3.05, 3.63) is 0 Å². The topological polar surface area (TPSA) is 9.23 Å². The molecule has 0 aromatic heterocycles. The highest BCUT2D eigenvalue weighted by Crippen LogP contribution is 2.36. The Morgan fingerprint density at radius 2 is 2.09 bits per heavy atom. The Morgan fingerprint density at radius 1 is 1.45 bits per heavy atom. The molecule has 66 valence electrons. The van der Waals surface area contributed by atoms with E-state index in [1.807, 2.05) is 0 Å². The molecule has 1 unspecified atom stereocenters. The smallest absolute Gasteiger partial charge is 0.113 e. The van der Waals surface area contributed by atoms with Gasteiger partial charge in [-0.3, -0.25) is 0 Å². The minimum Gasteiger partial charge on any atom is -0.375 e. The van der Waals surface area contributed by atoms with Crippen LogP contribution in [-0.4, -0.2) is 17.0 Å². The fourth-order valence-corrected chi connectivity index (χ4v) is 2.38. The molecule has 0 saturated carbocycles. The highest BCUT2D eigenvalue weighted by molar-refractivity contribution is 6.44. The molecule has 0 aliphatic carbocycles. The van der Waals surface area contributed by atoms with Gasteiger partial charge in [0.25, 0.3) is 0 Å². The van der Waals surface area contributed by atoms with Crippen LogP contribution in [-0.2, 0) is 4.74 Å². The van der Waals surface area contributed by atoms with Crippen LogP contribution in [0.4, 0.5) is 0 Å². The standard InChI is InChI=1S/C8H14Cl2O/c1-8(2)6(7(9)10)4-3-5-11-8/h6-7H,3-5H2,1-2H3. The van der Waals surface area contributed by atoms with E-state index in [1.165, 1.54) is 0 Å². The van der Waals surface area contributed by atoms with Crippen LogP contribution >= 0.6 is 23.2 Å². The summed E-state index contributed by atoms with van der Waals surface area (Å²) in [4.78, 5) is -0.301. The first kappa shape index (κ1) is 9.63. The molecular weight excluding hydrogens is 183 g/mol. The molecule has 1 fully saturated rings. The summed E-state index contributed by atoms with van der Waals surface area (Å²) in [5, 5.41) is 0. The van der Waals surface area contributed by atoms with Crippen molar-refractivity contribution in [1.29, 1.82) is 0 Å². The molecule has 1 saturated heterocycles. The molecule has 1 heterocycles.